The second kappa shape index (κ2) is 8.83. The van der Waals surface area contributed by atoms with Crippen molar-refractivity contribution < 1.29 is 32.5 Å². The lowest BCUT2D eigenvalue weighted by Gasteiger charge is -2.20. The van der Waals surface area contributed by atoms with E-state index >= 15 is 0 Å². The lowest BCUT2D eigenvalue weighted by molar-refractivity contribution is -0.114. The smallest absolute Gasteiger partial charge is 0.387 e. The summed E-state index contributed by atoms with van der Waals surface area (Å²) in [5.41, 5.74) is 0.772. The molecule has 1 aliphatic rings. The van der Waals surface area contributed by atoms with Crippen molar-refractivity contribution in [2.75, 3.05) is 37.5 Å². The molecule has 10 heteroatoms. The maximum absolute atomic E-state index is 12.5. The third kappa shape index (κ3) is 4.86. The van der Waals surface area contributed by atoms with Crippen molar-refractivity contribution in [3.8, 4) is 23.0 Å². The van der Waals surface area contributed by atoms with Gasteiger partial charge in [0.05, 0.1) is 24.4 Å². The molecule has 0 saturated heterocycles. The highest BCUT2D eigenvalue weighted by atomic mass is 35.5. The molecule has 2 aromatic carbocycles. The van der Waals surface area contributed by atoms with Crippen LogP contribution in [0.5, 0.6) is 23.0 Å². The van der Waals surface area contributed by atoms with Gasteiger partial charge < -0.3 is 29.6 Å². The van der Waals surface area contributed by atoms with Crippen LogP contribution in [-0.4, -0.2) is 39.4 Å². The van der Waals surface area contributed by atoms with E-state index in [0.29, 0.717) is 41.1 Å². The predicted molar refractivity (Wildman–Crippen MR) is 99.2 cm³/mol. The monoisotopic (exact) mass is 414 g/mol. The lowest BCUT2D eigenvalue weighted by atomic mass is 10.2. The number of anilines is 2. The van der Waals surface area contributed by atoms with Crippen LogP contribution in [0.4, 0.5) is 20.2 Å². The van der Waals surface area contributed by atoms with Crippen LogP contribution in [0.2, 0.25) is 5.02 Å². The Morgan fingerprint density at radius 1 is 1.18 bits per heavy atom. The van der Waals surface area contributed by atoms with E-state index < -0.39 is 12.5 Å². The highest BCUT2D eigenvalue weighted by molar-refractivity contribution is 6.34. The molecule has 1 aliphatic heterocycles. The number of fused-ring (bicyclic) bond motifs is 1. The van der Waals surface area contributed by atoms with E-state index in [2.05, 4.69) is 15.4 Å². The van der Waals surface area contributed by atoms with E-state index in [4.69, 9.17) is 25.8 Å². The molecule has 7 nitrogen and oxygen atoms in total. The zero-order valence-electron chi connectivity index (χ0n) is 14.8. The Kier molecular flexibility index (Phi) is 6.25. The van der Waals surface area contributed by atoms with E-state index in [1.165, 1.54) is 19.2 Å². The number of ether oxygens (including phenoxy) is 4. The van der Waals surface area contributed by atoms with Crippen molar-refractivity contribution in [1.29, 1.82) is 0 Å². The van der Waals surface area contributed by atoms with Gasteiger partial charge in [0.25, 0.3) is 0 Å². The average molecular weight is 415 g/mol. The van der Waals surface area contributed by atoms with E-state index in [0.717, 1.165) is 0 Å². The van der Waals surface area contributed by atoms with Gasteiger partial charge in [0.1, 0.15) is 13.2 Å². The maximum atomic E-state index is 12.5. The quantitative estimate of drug-likeness (QED) is 0.718. The summed E-state index contributed by atoms with van der Waals surface area (Å²) in [5.74, 6) is 0.613. The van der Waals surface area contributed by atoms with Gasteiger partial charge in [0.2, 0.25) is 5.91 Å². The van der Waals surface area contributed by atoms with Gasteiger partial charge in [-0.3, -0.25) is 4.79 Å². The highest BCUT2D eigenvalue weighted by Gasteiger charge is 2.17. The molecular weight excluding hydrogens is 398 g/mol. The van der Waals surface area contributed by atoms with Crippen LogP contribution in [0.15, 0.2) is 30.3 Å². The molecule has 150 valence electrons. The van der Waals surface area contributed by atoms with E-state index in [1.54, 1.807) is 18.2 Å². The molecule has 0 aromatic heterocycles. The molecule has 0 atom stereocenters. The number of halogens is 3. The molecule has 0 fully saturated rings. The summed E-state index contributed by atoms with van der Waals surface area (Å²) in [5, 5.41) is 5.78. The molecule has 0 unspecified atom stereocenters. The van der Waals surface area contributed by atoms with Crippen molar-refractivity contribution >= 4 is 28.9 Å². The molecule has 0 bridgehead atoms. The van der Waals surface area contributed by atoms with Crippen molar-refractivity contribution in [3.05, 3.63) is 35.4 Å². The van der Waals surface area contributed by atoms with Gasteiger partial charge in [-0.15, -0.1) is 0 Å². The second-order valence-corrected chi connectivity index (χ2v) is 6.03. The summed E-state index contributed by atoms with van der Waals surface area (Å²) in [6.07, 6.45) is 0. The first kappa shape index (κ1) is 19.8. The summed E-state index contributed by atoms with van der Waals surface area (Å²) < 4.78 is 45.2. The first-order valence-corrected chi connectivity index (χ1v) is 8.60. The van der Waals surface area contributed by atoms with Crippen LogP contribution in [0.1, 0.15) is 0 Å². The van der Waals surface area contributed by atoms with Crippen LogP contribution in [-0.2, 0) is 4.79 Å². The van der Waals surface area contributed by atoms with Gasteiger partial charge >= 0.3 is 6.61 Å². The zero-order valence-corrected chi connectivity index (χ0v) is 15.5. The van der Waals surface area contributed by atoms with Crippen LogP contribution >= 0.6 is 11.6 Å². The van der Waals surface area contributed by atoms with Gasteiger partial charge in [-0.1, -0.05) is 11.6 Å². The molecule has 28 heavy (non-hydrogen) atoms. The number of rotatable bonds is 7. The number of methoxy groups -OCH3 is 1. The van der Waals surface area contributed by atoms with Crippen molar-refractivity contribution in [1.82, 2.24) is 0 Å². The minimum absolute atomic E-state index is 0.134. The number of hydrogen-bond donors (Lipinski definition) is 2. The highest BCUT2D eigenvalue weighted by Crippen LogP contribution is 2.38. The minimum Gasteiger partial charge on any atom is -0.493 e. The van der Waals surface area contributed by atoms with Crippen LogP contribution < -0.4 is 29.6 Å². The first-order chi connectivity index (χ1) is 13.5. The maximum Gasteiger partial charge on any atom is 0.387 e. The largest absolute Gasteiger partial charge is 0.493 e. The Morgan fingerprint density at radius 3 is 2.57 bits per heavy atom. The van der Waals surface area contributed by atoms with Crippen molar-refractivity contribution in [2.24, 2.45) is 0 Å². The van der Waals surface area contributed by atoms with Gasteiger partial charge in [-0.05, 0) is 12.1 Å². The Labute approximate surface area is 164 Å². The molecule has 2 aromatic rings. The molecule has 0 aliphatic carbocycles. The predicted octanol–water partition coefficient (Wildman–Crippen LogP) is 3.77. The minimum atomic E-state index is -3.00. The van der Waals surface area contributed by atoms with E-state index in [-0.39, 0.29) is 18.0 Å². The molecule has 2 N–H and O–H groups in total. The summed E-state index contributed by atoms with van der Waals surface area (Å²) in [6.45, 7) is -2.29. The Morgan fingerprint density at radius 2 is 1.89 bits per heavy atom. The fraction of sp³-hybridized carbons (Fsp3) is 0.278. The normalized spacial score (nSPS) is 12.5. The molecule has 0 radical (unpaired) electrons. The molecule has 1 heterocycles. The third-order valence-corrected chi connectivity index (χ3v) is 4.05. The van der Waals surface area contributed by atoms with Crippen molar-refractivity contribution in [3.63, 3.8) is 0 Å². The number of hydrogen-bond acceptors (Lipinski definition) is 6. The van der Waals surface area contributed by atoms with Gasteiger partial charge in [0, 0.05) is 23.9 Å². The number of carbonyl (C=O) groups is 1. The number of carbonyl (C=O) groups excluding carboxylic acids is 1. The van der Waals surface area contributed by atoms with Gasteiger partial charge in [-0.2, -0.15) is 8.78 Å². The molecule has 0 saturated carbocycles. The fourth-order valence-electron chi connectivity index (χ4n) is 2.51. The summed E-state index contributed by atoms with van der Waals surface area (Å²) in [6, 6.07) is 7.49. The first-order valence-electron chi connectivity index (χ1n) is 8.22. The Hall–Kier alpha value is -2.94. The van der Waals surface area contributed by atoms with Crippen LogP contribution in [0.3, 0.4) is 0 Å². The fourth-order valence-corrected chi connectivity index (χ4v) is 2.71. The molecule has 3 rings (SSSR count). The Balaban J connectivity index is 1.63. The third-order valence-electron chi connectivity index (χ3n) is 3.74. The summed E-state index contributed by atoms with van der Waals surface area (Å²) >= 11 is 6.15. The SMILES string of the molecule is COc1ccc(NCC(=O)Nc2cc3c(cc2Cl)OCCO3)cc1OC(F)F. The number of amides is 1. The summed E-state index contributed by atoms with van der Waals surface area (Å²) in [4.78, 5) is 12.2. The molecular formula is C18H17ClF2N2O5. The van der Waals surface area contributed by atoms with E-state index in [9.17, 15) is 13.6 Å². The number of alkyl halides is 2. The standard InChI is InChI=1S/C18H17ClF2N2O5/c1-25-13-3-2-10(6-16(13)28-18(20)21)22-9-17(24)23-12-8-15-14(7-11(12)19)26-4-5-27-15/h2-3,6-8,18,22H,4-5,9H2,1H3,(H,23,24). The topological polar surface area (TPSA) is 78.1 Å². The van der Waals surface area contributed by atoms with Gasteiger partial charge in [-0.25, -0.2) is 0 Å². The molecule has 0 spiro atoms. The second-order valence-electron chi connectivity index (χ2n) is 5.62. The van der Waals surface area contributed by atoms with Crippen LogP contribution in [0.25, 0.3) is 0 Å². The molecule has 1 amide bonds. The van der Waals surface area contributed by atoms with Gasteiger partial charge in [0.15, 0.2) is 23.0 Å². The van der Waals surface area contributed by atoms with E-state index in [1.807, 2.05) is 0 Å². The number of benzene rings is 2. The summed E-state index contributed by atoms with van der Waals surface area (Å²) in [7, 11) is 1.34. The van der Waals surface area contributed by atoms with Crippen LogP contribution in [0, 0.1) is 0 Å². The van der Waals surface area contributed by atoms with Crippen molar-refractivity contribution in [2.45, 2.75) is 6.61 Å². The zero-order chi connectivity index (χ0) is 20.1. The Bertz CT molecular complexity index is 866. The number of nitrogens with one attached hydrogen (secondary N) is 2. The average Bonchev–Trinajstić information content (AvgIpc) is 2.66. The lowest BCUT2D eigenvalue weighted by Crippen LogP contribution is -2.22.